The molecule has 1 aromatic carbocycles. The lowest BCUT2D eigenvalue weighted by molar-refractivity contribution is -0.123. The molecule has 1 aliphatic carbocycles. The molecule has 4 unspecified atom stereocenters. The fraction of sp³-hybridized carbons (Fsp3) is 0.611. The van der Waals surface area contributed by atoms with E-state index in [1.54, 1.807) is 0 Å². The molecule has 124 valence electrons. The summed E-state index contributed by atoms with van der Waals surface area (Å²) >= 11 is 0. The Labute approximate surface area is 136 Å². The molecule has 1 saturated carbocycles. The zero-order valence-corrected chi connectivity index (χ0v) is 13.5. The summed E-state index contributed by atoms with van der Waals surface area (Å²) in [5, 5.41) is 6.60. The number of piperidine rings is 1. The van der Waals surface area contributed by atoms with Crippen molar-refractivity contribution in [2.24, 2.45) is 11.8 Å². The summed E-state index contributed by atoms with van der Waals surface area (Å²) < 4.78 is 11.2. The quantitative estimate of drug-likeness (QED) is 0.891. The lowest BCUT2D eigenvalue weighted by Gasteiger charge is -2.30. The second kappa shape index (κ2) is 6.04. The predicted molar refractivity (Wildman–Crippen MR) is 86.9 cm³/mol. The second-order valence-electron chi connectivity index (χ2n) is 6.94. The summed E-state index contributed by atoms with van der Waals surface area (Å²) in [5.74, 6) is 2.79. The first-order valence-electron chi connectivity index (χ1n) is 8.63. The minimum Gasteiger partial charge on any atom is -0.486 e. The van der Waals surface area contributed by atoms with Gasteiger partial charge in [-0.1, -0.05) is 13.0 Å². The van der Waals surface area contributed by atoms with Crippen LogP contribution in [0.25, 0.3) is 0 Å². The van der Waals surface area contributed by atoms with Crippen LogP contribution in [0.4, 0.5) is 0 Å². The van der Waals surface area contributed by atoms with Gasteiger partial charge in [-0.25, -0.2) is 0 Å². The van der Waals surface area contributed by atoms with Gasteiger partial charge in [-0.2, -0.15) is 0 Å². The zero-order chi connectivity index (χ0) is 15.8. The Kier molecular flexibility index (Phi) is 3.89. The first-order chi connectivity index (χ1) is 11.2. The molecule has 1 saturated heterocycles. The number of benzene rings is 1. The fourth-order valence-electron chi connectivity index (χ4n) is 3.62. The van der Waals surface area contributed by atoms with Crippen LogP contribution >= 0.6 is 0 Å². The van der Waals surface area contributed by atoms with E-state index in [1.165, 1.54) is 5.56 Å². The lowest BCUT2D eigenvalue weighted by atomic mass is 9.94. The van der Waals surface area contributed by atoms with Crippen molar-refractivity contribution in [1.82, 2.24) is 10.6 Å². The summed E-state index contributed by atoms with van der Waals surface area (Å²) in [6, 6.07) is 6.33. The monoisotopic (exact) mass is 316 g/mol. The summed E-state index contributed by atoms with van der Waals surface area (Å²) in [5.41, 5.74) is 1.18. The van der Waals surface area contributed by atoms with Crippen LogP contribution < -0.4 is 20.1 Å². The largest absolute Gasteiger partial charge is 0.486 e. The highest BCUT2D eigenvalue weighted by Gasteiger charge is 2.45. The third-order valence-electron chi connectivity index (χ3n) is 5.28. The Morgan fingerprint density at radius 2 is 2.09 bits per heavy atom. The Hall–Kier alpha value is -1.75. The first kappa shape index (κ1) is 14.8. The highest BCUT2D eigenvalue weighted by Crippen LogP contribution is 2.49. The van der Waals surface area contributed by atoms with Gasteiger partial charge >= 0.3 is 0 Å². The number of nitrogens with one attached hydrogen (secondary N) is 2. The molecular formula is C18H24N2O3. The SMILES string of the molecule is CC1CCNCC1NC(=O)C1CC1c1ccc2c(c1)OCCO2. The molecule has 23 heavy (non-hydrogen) atoms. The zero-order valence-electron chi connectivity index (χ0n) is 13.5. The Morgan fingerprint density at radius 3 is 2.91 bits per heavy atom. The maximum Gasteiger partial charge on any atom is 0.224 e. The maximum absolute atomic E-state index is 12.5. The summed E-state index contributed by atoms with van der Waals surface area (Å²) in [6.07, 6.45) is 2.06. The van der Waals surface area contributed by atoms with Gasteiger partial charge in [0.1, 0.15) is 13.2 Å². The van der Waals surface area contributed by atoms with E-state index in [0.717, 1.165) is 37.4 Å². The molecule has 5 nitrogen and oxygen atoms in total. The van der Waals surface area contributed by atoms with Crippen LogP contribution in [0, 0.1) is 11.8 Å². The predicted octanol–water partition coefficient (Wildman–Crippen LogP) is 1.68. The van der Waals surface area contributed by atoms with E-state index in [1.807, 2.05) is 12.1 Å². The molecule has 2 fully saturated rings. The van der Waals surface area contributed by atoms with Crippen molar-refractivity contribution in [1.29, 1.82) is 0 Å². The van der Waals surface area contributed by atoms with Crippen LogP contribution in [0.1, 0.15) is 31.2 Å². The van der Waals surface area contributed by atoms with Gasteiger partial charge in [-0.05, 0) is 48.9 Å². The average Bonchev–Trinajstić information content (AvgIpc) is 3.37. The minimum atomic E-state index is 0.103. The molecule has 2 heterocycles. The normalized spacial score (nSPS) is 32.2. The van der Waals surface area contributed by atoms with Gasteiger partial charge in [0.2, 0.25) is 5.91 Å². The van der Waals surface area contributed by atoms with E-state index < -0.39 is 0 Å². The van der Waals surface area contributed by atoms with Crippen LogP contribution in [0.2, 0.25) is 0 Å². The van der Waals surface area contributed by atoms with E-state index in [0.29, 0.717) is 25.0 Å². The van der Waals surface area contributed by atoms with E-state index in [2.05, 4.69) is 23.6 Å². The van der Waals surface area contributed by atoms with Crippen molar-refractivity contribution < 1.29 is 14.3 Å². The Balaban J connectivity index is 1.38. The maximum atomic E-state index is 12.5. The molecule has 0 aromatic heterocycles. The van der Waals surface area contributed by atoms with Gasteiger partial charge in [-0.3, -0.25) is 4.79 Å². The molecule has 2 aliphatic heterocycles. The van der Waals surface area contributed by atoms with Crippen molar-refractivity contribution in [2.45, 2.75) is 31.7 Å². The number of fused-ring (bicyclic) bond motifs is 1. The molecule has 0 spiro atoms. The number of hydrogen-bond donors (Lipinski definition) is 2. The number of amides is 1. The highest BCUT2D eigenvalue weighted by molar-refractivity contribution is 5.83. The van der Waals surface area contributed by atoms with Crippen LogP contribution in [0.15, 0.2) is 18.2 Å². The van der Waals surface area contributed by atoms with Crippen molar-refractivity contribution in [2.75, 3.05) is 26.3 Å². The van der Waals surface area contributed by atoms with E-state index >= 15 is 0 Å². The molecule has 3 aliphatic rings. The number of ether oxygens (including phenoxy) is 2. The Bertz CT molecular complexity index is 604. The van der Waals surface area contributed by atoms with Gasteiger partial charge < -0.3 is 20.1 Å². The topological polar surface area (TPSA) is 59.6 Å². The Morgan fingerprint density at radius 1 is 1.26 bits per heavy atom. The van der Waals surface area contributed by atoms with Gasteiger partial charge in [0, 0.05) is 18.5 Å². The van der Waals surface area contributed by atoms with Crippen LogP contribution in [-0.2, 0) is 4.79 Å². The fourth-order valence-corrected chi connectivity index (χ4v) is 3.62. The molecule has 4 rings (SSSR count). The third kappa shape index (κ3) is 3.02. The molecule has 0 bridgehead atoms. The standard InChI is InChI=1S/C18H24N2O3/c1-11-4-5-19-10-15(11)20-18(21)14-9-13(14)12-2-3-16-17(8-12)23-7-6-22-16/h2-3,8,11,13-15,19H,4-7,9-10H2,1H3,(H,20,21). The molecule has 0 radical (unpaired) electrons. The second-order valence-corrected chi connectivity index (χ2v) is 6.94. The molecule has 1 aromatic rings. The average molecular weight is 316 g/mol. The molecular weight excluding hydrogens is 292 g/mol. The van der Waals surface area contributed by atoms with Gasteiger partial charge in [-0.15, -0.1) is 0 Å². The summed E-state index contributed by atoms with van der Waals surface area (Å²) in [7, 11) is 0. The smallest absolute Gasteiger partial charge is 0.224 e. The van der Waals surface area contributed by atoms with Gasteiger partial charge in [0.25, 0.3) is 0 Å². The van der Waals surface area contributed by atoms with Crippen molar-refractivity contribution in [3.05, 3.63) is 23.8 Å². The molecule has 4 atom stereocenters. The van der Waals surface area contributed by atoms with Crippen molar-refractivity contribution in [3.63, 3.8) is 0 Å². The van der Waals surface area contributed by atoms with Crippen LogP contribution in [0.3, 0.4) is 0 Å². The van der Waals surface area contributed by atoms with Crippen LogP contribution in [0.5, 0.6) is 11.5 Å². The number of carbonyl (C=O) groups excluding carboxylic acids is 1. The number of rotatable bonds is 3. The van der Waals surface area contributed by atoms with Crippen LogP contribution in [-0.4, -0.2) is 38.3 Å². The highest BCUT2D eigenvalue weighted by atomic mass is 16.6. The molecule has 1 amide bonds. The first-order valence-corrected chi connectivity index (χ1v) is 8.63. The van der Waals surface area contributed by atoms with Gasteiger partial charge in [0.05, 0.1) is 0 Å². The van der Waals surface area contributed by atoms with E-state index in [4.69, 9.17) is 9.47 Å². The van der Waals surface area contributed by atoms with Crippen molar-refractivity contribution >= 4 is 5.91 Å². The lowest BCUT2D eigenvalue weighted by Crippen LogP contribution is -2.50. The van der Waals surface area contributed by atoms with E-state index in [9.17, 15) is 4.79 Å². The van der Waals surface area contributed by atoms with E-state index in [-0.39, 0.29) is 17.9 Å². The minimum absolute atomic E-state index is 0.103. The summed E-state index contributed by atoms with van der Waals surface area (Å²) in [6.45, 7) is 5.36. The number of hydrogen-bond acceptors (Lipinski definition) is 4. The van der Waals surface area contributed by atoms with Crippen molar-refractivity contribution in [3.8, 4) is 11.5 Å². The summed E-state index contributed by atoms with van der Waals surface area (Å²) in [4.78, 5) is 12.5. The molecule has 2 N–H and O–H groups in total. The van der Waals surface area contributed by atoms with Gasteiger partial charge in [0.15, 0.2) is 11.5 Å². The molecule has 5 heteroatoms. The number of carbonyl (C=O) groups is 1. The third-order valence-corrected chi connectivity index (χ3v) is 5.28.